The molecule has 0 aliphatic heterocycles. The Morgan fingerprint density at radius 2 is 2.50 bits per heavy atom. The average Bonchev–Trinajstić information content (AvgIpc) is 1.81. The maximum atomic E-state index is 9.65. The lowest BCUT2D eigenvalue weighted by Gasteiger charge is -1.97. The second kappa shape index (κ2) is 6.59. The Bertz CT molecular complexity index is 56.4. The summed E-state index contributed by atoms with van der Waals surface area (Å²) in [5.41, 5.74) is 0. The molecule has 0 radical (unpaired) electrons. The van der Waals surface area contributed by atoms with Crippen molar-refractivity contribution in [3.05, 3.63) is 0 Å². The lowest BCUT2D eigenvalue weighted by atomic mass is 10.7. The Balaban J connectivity index is 2.62. The molecule has 0 aliphatic rings. The first kappa shape index (κ1) is 7.59. The first-order valence-corrected chi connectivity index (χ1v) is 2.64. The quantitative estimate of drug-likeness (QED) is 0.307. The molecule has 1 N–H and O–H groups in total. The molecular formula is C5H11NO2. The molecule has 0 fully saturated rings. The summed E-state index contributed by atoms with van der Waals surface area (Å²) in [6.07, 6.45) is 0.805. The van der Waals surface area contributed by atoms with E-state index in [2.05, 4.69) is 5.32 Å². The van der Waals surface area contributed by atoms with Crippen molar-refractivity contribution in [3.8, 4) is 0 Å². The first-order valence-electron chi connectivity index (χ1n) is 2.64. The highest BCUT2D eigenvalue weighted by Gasteiger charge is 1.79. The minimum atomic E-state index is 0.375. The topological polar surface area (TPSA) is 38.3 Å². The fourth-order valence-electron chi connectivity index (χ4n) is 0.292. The van der Waals surface area contributed by atoms with Crippen molar-refractivity contribution in [3.63, 3.8) is 0 Å². The summed E-state index contributed by atoms with van der Waals surface area (Å²) in [6.45, 7) is 3.43. The maximum absolute atomic E-state index is 9.65. The number of hydrogen-bond donors (Lipinski definition) is 1. The van der Waals surface area contributed by atoms with Crippen LogP contribution in [0.25, 0.3) is 0 Å². The standard InChI is InChI=1S/C5H11NO2/c1-2-8-5-6-3-4-7/h4,6H,2-3,5H2,1H3. The maximum Gasteiger partial charge on any atom is 0.133 e. The van der Waals surface area contributed by atoms with E-state index in [1.165, 1.54) is 0 Å². The van der Waals surface area contributed by atoms with Crippen molar-refractivity contribution >= 4 is 6.29 Å². The third-order valence-electron chi connectivity index (χ3n) is 0.636. The number of aldehydes is 1. The van der Waals surface area contributed by atoms with Crippen molar-refractivity contribution < 1.29 is 9.53 Å². The van der Waals surface area contributed by atoms with Crippen molar-refractivity contribution in [1.82, 2.24) is 5.32 Å². The van der Waals surface area contributed by atoms with Gasteiger partial charge in [0.05, 0.1) is 13.3 Å². The minimum Gasteiger partial charge on any atom is -0.367 e. The molecule has 0 aliphatic carbocycles. The molecule has 0 amide bonds. The molecule has 3 nitrogen and oxygen atoms in total. The van der Waals surface area contributed by atoms with Crippen LogP contribution in [0.1, 0.15) is 6.92 Å². The van der Waals surface area contributed by atoms with Gasteiger partial charge in [0.25, 0.3) is 0 Å². The number of ether oxygens (including phenoxy) is 1. The summed E-state index contributed by atoms with van der Waals surface area (Å²) < 4.78 is 4.87. The van der Waals surface area contributed by atoms with Gasteiger partial charge in [-0.25, -0.2) is 0 Å². The van der Waals surface area contributed by atoms with Crippen molar-refractivity contribution in [2.24, 2.45) is 0 Å². The summed E-state index contributed by atoms with van der Waals surface area (Å²) in [5, 5.41) is 2.75. The third-order valence-corrected chi connectivity index (χ3v) is 0.636. The molecule has 0 bridgehead atoms. The SMILES string of the molecule is CCOCNCC=O. The Morgan fingerprint density at radius 3 is 3.00 bits per heavy atom. The molecule has 0 aromatic heterocycles. The van der Waals surface area contributed by atoms with Gasteiger partial charge in [0.2, 0.25) is 0 Å². The molecule has 0 saturated carbocycles. The molecule has 0 aromatic rings. The highest BCUT2D eigenvalue weighted by atomic mass is 16.5. The smallest absolute Gasteiger partial charge is 0.133 e. The van der Waals surface area contributed by atoms with Gasteiger partial charge < -0.3 is 9.53 Å². The summed E-state index contributed by atoms with van der Waals surface area (Å²) >= 11 is 0. The molecule has 3 heteroatoms. The van der Waals surface area contributed by atoms with Crippen LogP contribution in [-0.4, -0.2) is 26.2 Å². The Kier molecular flexibility index (Phi) is 6.25. The monoisotopic (exact) mass is 117 g/mol. The highest BCUT2D eigenvalue weighted by Crippen LogP contribution is 1.64. The normalized spacial score (nSPS) is 9.12. The minimum absolute atomic E-state index is 0.375. The largest absolute Gasteiger partial charge is 0.367 e. The molecule has 48 valence electrons. The zero-order valence-corrected chi connectivity index (χ0v) is 5.02. The zero-order chi connectivity index (χ0) is 6.24. The van der Waals surface area contributed by atoms with E-state index in [1.807, 2.05) is 6.92 Å². The van der Waals surface area contributed by atoms with Crippen LogP contribution in [0.3, 0.4) is 0 Å². The fourth-order valence-corrected chi connectivity index (χ4v) is 0.292. The molecule has 0 heterocycles. The summed E-state index contributed by atoms with van der Waals surface area (Å²) in [5.74, 6) is 0. The van der Waals surface area contributed by atoms with E-state index in [0.29, 0.717) is 19.9 Å². The average molecular weight is 117 g/mol. The van der Waals surface area contributed by atoms with Crippen LogP contribution in [0, 0.1) is 0 Å². The van der Waals surface area contributed by atoms with Crippen LogP contribution in [0.2, 0.25) is 0 Å². The summed E-state index contributed by atoms with van der Waals surface area (Å²) in [4.78, 5) is 9.65. The van der Waals surface area contributed by atoms with E-state index in [9.17, 15) is 4.79 Å². The van der Waals surface area contributed by atoms with Crippen LogP contribution in [0.15, 0.2) is 0 Å². The number of carbonyl (C=O) groups excluding carboxylic acids is 1. The van der Waals surface area contributed by atoms with Crippen LogP contribution in [0.5, 0.6) is 0 Å². The number of hydrogen-bond acceptors (Lipinski definition) is 3. The Hall–Kier alpha value is -0.410. The van der Waals surface area contributed by atoms with E-state index in [0.717, 1.165) is 6.29 Å². The number of carbonyl (C=O) groups is 1. The van der Waals surface area contributed by atoms with Gasteiger partial charge in [0.15, 0.2) is 0 Å². The second-order valence-corrected chi connectivity index (χ2v) is 1.26. The second-order valence-electron chi connectivity index (χ2n) is 1.26. The van der Waals surface area contributed by atoms with Gasteiger partial charge >= 0.3 is 0 Å². The van der Waals surface area contributed by atoms with E-state index in [4.69, 9.17) is 4.74 Å². The van der Waals surface area contributed by atoms with Gasteiger partial charge in [-0.05, 0) is 6.92 Å². The van der Waals surface area contributed by atoms with Crippen molar-refractivity contribution in [1.29, 1.82) is 0 Å². The lowest BCUT2D eigenvalue weighted by molar-refractivity contribution is -0.107. The predicted octanol–water partition coefficient (Wildman–Crippen LogP) is -0.231. The third kappa shape index (κ3) is 5.59. The summed E-state index contributed by atoms with van der Waals surface area (Å²) in [7, 11) is 0. The molecule has 0 unspecified atom stereocenters. The predicted molar refractivity (Wildman–Crippen MR) is 30.6 cm³/mol. The van der Waals surface area contributed by atoms with Crippen LogP contribution in [-0.2, 0) is 9.53 Å². The molecule has 8 heavy (non-hydrogen) atoms. The Labute approximate surface area is 49.0 Å². The fraction of sp³-hybridized carbons (Fsp3) is 0.800. The van der Waals surface area contributed by atoms with Crippen molar-refractivity contribution in [2.75, 3.05) is 19.9 Å². The van der Waals surface area contributed by atoms with Crippen molar-refractivity contribution in [2.45, 2.75) is 6.92 Å². The van der Waals surface area contributed by atoms with E-state index >= 15 is 0 Å². The van der Waals surface area contributed by atoms with Gasteiger partial charge in [0.1, 0.15) is 6.29 Å². The van der Waals surface area contributed by atoms with E-state index in [1.54, 1.807) is 0 Å². The molecule has 0 aromatic carbocycles. The molecule has 0 atom stereocenters. The molecular weight excluding hydrogens is 106 g/mol. The van der Waals surface area contributed by atoms with Gasteiger partial charge in [0, 0.05) is 6.61 Å². The van der Waals surface area contributed by atoms with Gasteiger partial charge in [-0.3, -0.25) is 5.32 Å². The van der Waals surface area contributed by atoms with Crippen LogP contribution in [0.4, 0.5) is 0 Å². The van der Waals surface area contributed by atoms with Gasteiger partial charge in [-0.1, -0.05) is 0 Å². The first-order chi connectivity index (χ1) is 3.91. The summed E-state index contributed by atoms with van der Waals surface area (Å²) in [6, 6.07) is 0. The van der Waals surface area contributed by atoms with E-state index in [-0.39, 0.29) is 0 Å². The van der Waals surface area contributed by atoms with Gasteiger partial charge in [-0.2, -0.15) is 0 Å². The molecule has 0 saturated heterocycles. The van der Waals surface area contributed by atoms with Gasteiger partial charge in [-0.15, -0.1) is 0 Å². The van der Waals surface area contributed by atoms with Crippen LogP contribution < -0.4 is 5.32 Å². The lowest BCUT2D eigenvalue weighted by Crippen LogP contribution is -2.19. The number of rotatable bonds is 5. The van der Waals surface area contributed by atoms with Crippen LogP contribution >= 0.6 is 0 Å². The molecule has 0 spiro atoms. The number of nitrogens with one attached hydrogen (secondary N) is 1. The highest BCUT2D eigenvalue weighted by molar-refractivity contribution is 5.51. The van der Waals surface area contributed by atoms with E-state index < -0.39 is 0 Å². The zero-order valence-electron chi connectivity index (χ0n) is 5.02. The Morgan fingerprint density at radius 1 is 1.75 bits per heavy atom. The molecule has 0 rings (SSSR count).